The van der Waals surface area contributed by atoms with Crippen LogP contribution in [-0.2, 0) is 43.2 Å². The number of rotatable bonds is 18. The lowest BCUT2D eigenvalue weighted by Crippen LogP contribution is -2.32. The molecule has 0 bridgehead atoms. The van der Waals surface area contributed by atoms with Gasteiger partial charge in [0.15, 0.2) is 0 Å². The highest BCUT2D eigenvalue weighted by atomic mass is 33.1. The number of unbranched alkanes of at least 4 members (excludes halogenated alkanes) is 2. The highest BCUT2D eigenvalue weighted by Crippen LogP contribution is 2.30. The van der Waals surface area contributed by atoms with E-state index in [2.05, 4.69) is 15.3 Å². The van der Waals surface area contributed by atoms with Gasteiger partial charge in [0, 0.05) is 69.0 Å². The molecule has 1 N–H and O–H groups in total. The summed E-state index contributed by atoms with van der Waals surface area (Å²) in [5, 5.41) is 5.76. The summed E-state index contributed by atoms with van der Waals surface area (Å²) in [6.07, 6.45) is 6.58. The van der Waals surface area contributed by atoms with Crippen molar-refractivity contribution in [3.8, 4) is 0 Å². The number of hydroxylamine groups is 4. The number of amides is 5. The molecule has 2 aliphatic heterocycles. The Morgan fingerprint density at radius 1 is 0.640 bits per heavy atom. The van der Waals surface area contributed by atoms with Crippen LogP contribution in [0.2, 0.25) is 0 Å². The van der Waals surface area contributed by atoms with Gasteiger partial charge in [-0.3, -0.25) is 24.0 Å². The van der Waals surface area contributed by atoms with Gasteiger partial charge in [-0.1, -0.05) is 55.0 Å². The summed E-state index contributed by atoms with van der Waals surface area (Å²) in [5.74, 6) is -1.83. The molecule has 18 heteroatoms. The number of nitrogens with one attached hydrogen (secondary N) is 1. The number of hydrogen-bond acceptors (Lipinski definition) is 15. The van der Waals surface area contributed by atoms with Crippen molar-refractivity contribution in [1.29, 1.82) is 0 Å². The van der Waals surface area contributed by atoms with E-state index in [1.54, 1.807) is 34.0 Å². The normalized spacial score (nSPS) is 13.5. The Balaban J connectivity index is 0.000000505. The number of hydrogen-bond donors (Lipinski definition) is 1. The van der Waals surface area contributed by atoms with Gasteiger partial charge in [0.2, 0.25) is 5.91 Å². The van der Waals surface area contributed by atoms with Crippen LogP contribution in [0.5, 0.6) is 0 Å². The van der Waals surface area contributed by atoms with E-state index >= 15 is 0 Å². The second-order valence-electron chi connectivity index (χ2n) is 9.90. The average Bonchev–Trinajstić information content (AvgIpc) is 3.58. The zero-order chi connectivity index (χ0) is 34.6. The Morgan fingerprint density at radius 2 is 1.10 bits per heavy atom. The van der Waals surface area contributed by atoms with E-state index in [0.29, 0.717) is 41.0 Å². The van der Waals surface area contributed by atoms with E-state index in [4.69, 9.17) is 9.68 Å². The highest BCUT2D eigenvalue weighted by molar-refractivity contribution is 8.77. The molecule has 0 unspecified atom stereocenters. The Labute approximate surface area is 308 Å². The Morgan fingerprint density at radius 3 is 1.56 bits per heavy atom. The molecular weight excluding hydrogens is 727 g/mol. The molecule has 2 aromatic heterocycles. The number of carbonyl (C=O) groups excluding carboxylic acids is 7. The number of imide groups is 2. The van der Waals surface area contributed by atoms with Crippen LogP contribution < -0.4 is 5.32 Å². The van der Waals surface area contributed by atoms with Crippen LogP contribution in [0.15, 0.2) is 58.8 Å². The maximum Gasteiger partial charge on any atom is 0.334 e. The summed E-state index contributed by atoms with van der Waals surface area (Å²) in [6.45, 7) is 0.551. The van der Waals surface area contributed by atoms with Gasteiger partial charge in [-0.15, -0.1) is 10.1 Å². The minimum Gasteiger partial charge on any atom is -0.356 e. The molecule has 14 nitrogen and oxygen atoms in total. The van der Waals surface area contributed by atoms with Crippen molar-refractivity contribution in [1.82, 2.24) is 25.4 Å². The first-order chi connectivity index (χ1) is 23.2. The predicted octanol–water partition coefficient (Wildman–Crippen LogP) is 5.59. The van der Waals surface area contributed by atoms with Crippen LogP contribution in [0, 0.1) is 0 Å². The molecule has 4 rings (SSSR count). The quantitative estimate of drug-likeness (QED) is 0.112. The highest BCUT2D eigenvalue weighted by Gasteiger charge is 2.33. The standard InChI is InChI=1S/C18H23N3O5S2.C12H12N2O4S2.2CH4/c22-14(10-13-27-28-15-6-3-5-12-20-15)19-11-4-1-2-7-18(25)26-21-16(23)8-9-17(21)24;15-10-4-5-11(16)14(10)18-12(17)6-8-19-20-9-3-1-2-7-13-9;;/h3,5-6,12H,1-2,4,7-11,13H2,(H,19,22);1-3,7H,4-6,8H2;2*1H4. The van der Waals surface area contributed by atoms with Gasteiger partial charge < -0.3 is 15.0 Å². The molecule has 0 atom stereocenters. The smallest absolute Gasteiger partial charge is 0.334 e. The maximum atomic E-state index is 11.8. The van der Waals surface area contributed by atoms with Crippen LogP contribution in [0.4, 0.5) is 0 Å². The molecule has 50 heavy (non-hydrogen) atoms. The van der Waals surface area contributed by atoms with Crippen molar-refractivity contribution in [2.75, 3.05) is 18.1 Å². The number of nitrogens with zero attached hydrogens (tertiary/aromatic N) is 4. The third-order valence-corrected chi connectivity index (χ3v) is 10.7. The van der Waals surface area contributed by atoms with Crippen molar-refractivity contribution in [2.45, 2.75) is 89.1 Å². The van der Waals surface area contributed by atoms with Crippen molar-refractivity contribution < 1.29 is 43.2 Å². The van der Waals surface area contributed by atoms with Gasteiger partial charge >= 0.3 is 11.9 Å². The molecule has 0 spiro atoms. The predicted molar refractivity (Wildman–Crippen MR) is 194 cm³/mol. The summed E-state index contributed by atoms with van der Waals surface area (Å²) in [7, 11) is 6.05. The first-order valence-electron chi connectivity index (χ1n) is 15.0. The SMILES string of the molecule is C.C.O=C(CCSSc1ccccn1)NCCCCCC(=O)ON1C(=O)CCC1=O.O=C(CCSSc1ccccn1)ON1C(=O)CCC1=O. The topological polar surface area (TPSA) is 182 Å². The Hall–Kier alpha value is -3.61. The van der Waals surface area contributed by atoms with Crippen molar-refractivity contribution in [2.24, 2.45) is 0 Å². The second-order valence-corrected chi connectivity index (χ2v) is 14.8. The first-order valence-corrected chi connectivity index (χ1v) is 19.7. The van der Waals surface area contributed by atoms with E-state index in [1.807, 2.05) is 36.4 Å². The summed E-state index contributed by atoms with van der Waals surface area (Å²) in [5.41, 5.74) is 0. The van der Waals surface area contributed by atoms with E-state index in [9.17, 15) is 33.6 Å². The Kier molecular flexibility index (Phi) is 22.5. The minimum absolute atomic E-state index is 0. The van der Waals surface area contributed by atoms with Gasteiger partial charge in [0.05, 0.1) is 6.42 Å². The molecular formula is C32H43N5O9S4. The fourth-order valence-corrected chi connectivity index (χ4v) is 7.47. The van der Waals surface area contributed by atoms with Crippen LogP contribution >= 0.6 is 43.2 Å². The monoisotopic (exact) mass is 769 g/mol. The van der Waals surface area contributed by atoms with Gasteiger partial charge in [0.1, 0.15) is 10.1 Å². The van der Waals surface area contributed by atoms with Crippen LogP contribution in [0.1, 0.15) is 79.1 Å². The fourth-order valence-electron chi connectivity index (χ4n) is 3.75. The third-order valence-electron chi connectivity index (χ3n) is 6.14. The lowest BCUT2D eigenvalue weighted by atomic mass is 10.2. The van der Waals surface area contributed by atoms with Crippen LogP contribution in [-0.4, -0.2) is 79.6 Å². The van der Waals surface area contributed by atoms with Gasteiger partial charge in [0.25, 0.3) is 23.6 Å². The van der Waals surface area contributed by atoms with E-state index in [-0.39, 0.29) is 59.3 Å². The molecule has 0 saturated carbocycles. The molecule has 274 valence electrons. The van der Waals surface area contributed by atoms with Gasteiger partial charge in [-0.05, 0) is 58.7 Å². The van der Waals surface area contributed by atoms with Gasteiger partial charge in [-0.25, -0.2) is 19.6 Å². The molecule has 2 aliphatic rings. The van der Waals surface area contributed by atoms with Crippen molar-refractivity contribution >= 4 is 84.7 Å². The molecule has 5 amide bonds. The first kappa shape index (κ1) is 44.4. The largest absolute Gasteiger partial charge is 0.356 e. The molecule has 0 radical (unpaired) electrons. The summed E-state index contributed by atoms with van der Waals surface area (Å²) < 4.78 is 0. The van der Waals surface area contributed by atoms with Crippen molar-refractivity contribution in [3.63, 3.8) is 0 Å². The molecule has 2 aromatic rings. The lowest BCUT2D eigenvalue weighted by molar-refractivity contribution is -0.197. The zero-order valence-corrected chi connectivity index (χ0v) is 29.2. The van der Waals surface area contributed by atoms with Crippen LogP contribution in [0.3, 0.4) is 0 Å². The Bertz CT molecular complexity index is 1370. The molecule has 4 heterocycles. The third kappa shape index (κ3) is 17.4. The minimum atomic E-state index is -0.588. The van der Waals surface area contributed by atoms with Crippen LogP contribution in [0.25, 0.3) is 0 Å². The summed E-state index contributed by atoms with van der Waals surface area (Å²) >= 11 is 0. The maximum absolute atomic E-state index is 11.8. The fraction of sp³-hybridized carbons (Fsp3) is 0.469. The molecule has 0 aliphatic carbocycles. The lowest BCUT2D eigenvalue weighted by Gasteiger charge is -2.12. The molecule has 0 aromatic carbocycles. The van der Waals surface area contributed by atoms with E-state index < -0.39 is 35.6 Å². The zero-order valence-electron chi connectivity index (χ0n) is 25.9. The summed E-state index contributed by atoms with van der Waals surface area (Å²) in [4.78, 5) is 97.9. The number of pyridine rings is 2. The van der Waals surface area contributed by atoms with Crippen molar-refractivity contribution in [3.05, 3.63) is 48.8 Å². The number of aromatic nitrogens is 2. The van der Waals surface area contributed by atoms with E-state index in [0.717, 1.165) is 22.9 Å². The van der Waals surface area contributed by atoms with E-state index in [1.165, 1.54) is 21.6 Å². The van der Waals surface area contributed by atoms with Gasteiger partial charge in [-0.2, -0.15) is 0 Å². The molecule has 2 saturated heterocycles. The summed E-state index contributed by atoms with van der Waals surface area (Å²) in [6, 6.07) is 11.3. The molecule has 2 fully saturated rings. The number of carbonyl (C=O) groups is 7. The average molecular weight is 770 g/mol. The second kappa shape index (κ2) is 25.4.